The lowest BCUT2D eigenvalue weighted by atomic mass is 9.70. The Bertz CT molecular complexity index is 1440. The number of phenols is 1. The molecule has 2 N–H and O–H groups in total. The fourth-order valence-electron chi connectivity index (χ4n) is 4.98. The smallest absolute Gasteiger partial charge is 0.232 e. The SMILES string of the molecule is CC(C)(C(=O)Nc1nc(Cc2ccc(C3C=CN=CC3)cc2)cs1)C(c1ccccc1)c1ccc(O)cc1. The number of phenolic OH excluding ortho intramolecular Hbond substituents is 1. The second-order valence-electron chi connectivity index (χ2n) is 10.2. The molecule has 2 atom stereocenters. The van der Waals surface area contributed by atoms with Gasteiger partial charge in [0.25, 0.3) is 0 Å². The quantitative estimate of drug-likeness (QED) is 0.255. The lowest BCUT2D eigenvalue weighted by molar-refractivity contribution is -0.124. The van der Waals surface area contributed by atoms with E-state index < -0.39 is 5.41 Å². The number of carbonyl (C=O) groups is 1. The van der Waals surface area contributed by atoms with Crippen molar-refractivity contribution in [3.05, 3.63) is 124 Å². The summed E-state index contributed by atoms with van der Waals surface area (Å²) < 4.78 is 0. The van der Waals surface area contributed by atoms with Gasteiger partial charge in [0.05, 0.1) is 11.1 Å². The van der Waals surface area contributed by atoms with E-state index in [1.165, 1.54) is 22.5 Å². The van der Waals surface area contributed by atoms with Crippen LogP contribution in [0.15, 0.2) is 102 Å². The van der Waals surface area contributed by atoms with E-state index in [9.17, 15) is 9.90 Å². The van der Waals surface area contributed by atoms with Crippen LogP contribution in [-0.4, -0.2) is 22.2 Å². The molecule has 1 aromatic heterocycles. The van der Waals surface area contributed by atoms with Crippen LogP contribution in [0.25, 0.3) is 0 Å². The molecule has 0 saturated carbocycles. The maximum Gasteiger partial charge on any atom is 0.232 e. The maximum atomic E-state index is 13.6. The van der Waals surface area contributed by atoms with Crippen molar-refractivity contribution in [1.29, 1.82) is 0 Å². The van der Waals surface area contributed by atoms with Gasteiger partial charge in [-0.1, -0.05) is 86.7 Å². The standard InChI is InChI=1S/C32H31N3O2S/c1-32(2,29(25-6-4-3-5-7-25)26-12-14-28(36)15-13-26)30(37)35-31-34-27(21-38-31)20-22-8-10-23(11-9-22)24-16-18-33-19-17-24/h3-16,18-19,21,24,29,36H,17,20H2,1-2H3,(H,34,35,37). The van der Waals surface area contributed by atoms with Crippen LogP contribution >= 0.6 is 11.3 Å². The molecule has 38 heavy (non-hydrogen) atoms. The molecule has 1 aliphatic heterocycles. The predicted octanol–water partition coefficient (Wildman–Crippen LogP) is 7.31. The Morgan fingerprint density at radius 3 is 2.42 bits per heavy atom. The molecular formula is C32H31N3O2S. The predicted molar refractivity (Wildman–Crippen MR) is 155 cm³/mol. The molecule has 5 nitrogen and oxygen atoms in total. The lowest BCUT2D eigenvalue weighted by Crippen LogP contribution is -2.37. The zero-order valence-corrected chi connectivity index (χ0v) is 22.4. The van der Waals surface area contributed by atoms with Crippen LogP contribution in [0.5, 0.6) is 5.75 Å². The van der Waals surface area contributed by atoms with Crippen LogP contribution in [0.4, 0.5) is 5.13 Å². The number of nitrogens with zero attached hydrogens (tertiary/aromatic N) is 2. The number of amides is 1. The first-order valence-electron chi connectivity index (χ1n) is 12.8. The highest BCUT2D eigenvalue weighted by atomic mass is 32.1. The van der Waals surface area contributed by atoms with E-state index in [2.05, 4.69) is 40.7 Å². The summed E-state index contributed by atoms with van der Waals surface area (Å²) in [7, 11) is 0. The summed E-state index contributed by atoms with van der Waals surface area (Å²) in [5.41, 5.74) is 4.62. The zero-order valence-electron chi connectivity index (χ0n) is 21.5. The summed E-state index contributed by atoms with van der Waals surface area (Å²) in [4.78, 5) is 22.5. The van der Waals surface area contributed by atoms with E-state index in [4.69, 9.17) is 4.98 Å². The molecule has 0 bridgehead atoms. The molecule has 0 radical (unpaired) electrons. The van der Waals surface area contributed by atoms with Gasteiger partial charge < -0.3 is 10.4 Å². The van der Waals surface area contributed by atoms with Crippen LogP contribution in [-0.2, 0) is 11.2 Å². The molecule has 0 fully saturated rings. The normalized spacial score (nSPS) is 15.8. The molecule has 192 valence electrons. The van der Waals surface area contributed by atoms with Crippen molar-refractivity contribution in [3.8, 4) is 5.75 Å². The molecule has 0 saturated heterocycles. The molecule has 3 aromatic carbocycles. The van der Waals surface area contributed by atoms with Gasteiger partial charge in [-0.3, -0.25) is 9.79 Å². The number of anilines is 1. The summed E-state index contributed by atoms with van der Waals surface area (Å²) in [5, 5.41) is 15.5. The molecule has 6 heteroatoms. The van der Waals surface area contributed by atoms with E-state index in [-0.39, 0.29) is 17.6 Å². The molecule has 0 aliphatic carbocycles. The highest BCUT2D eigenvalue weighted by molar-refractivity contribution is 7.13. The molecule has 2 heterocycles. The van der Waals surface area contributed by atoms with Gasteiger partial charge in [-0.2, -0.15) is 0 Å². The number of aromatic hydroxyl groups is 1. The number of aromatic nitrogens is 1. The zero-order chi connectivity index (χ0) is 26.5. The molecule has 2 unspecified atom stereocenters. The van der Waals surface area contributed by atoms with Gasteiger partial charge in [-0.15, -0.1) is 11.3 Å². The van der Waals surface area contributed by atoms with E-state index in [0.29, 0.717) is 17.5 Å². The number of carbonyl (C=O) groups excluding carboxylic acids is 1. The Morgan fingerprint density at radius 1 is 1.03 bits per heavy atom. The number of aliphatic imine (C=N–C) groups is 1. The average molecular weight is 522 g/mol. The van der Waals surface area contributed by atoms with Gasteiger partial charge >= 0.3 is 0 Å². The molecular weight excluding hydrogens is 490 g/mol. The summed E-state index contributed by atoms with van der Waals surface area (Å²) in [6, 6.07) is 25.8. The van der Waals surface area contributed by atoms with Crippen LogP contribution in [0, 0.1) is 5.41 Å². The first-order chi connectivity index (χ1) is 18.4. The van der Waals surface area contributed by atoms with Gasteiger partial charge in [0.15, 0.2) is 5.13 Å². The van der Waals surface area contributed by atoms with E-state index in [0.717, 1.165) is 23.2 Å². The molecule has 1 amide bonds. The van der Waals surface area contributed by atoms with Crippen molar-refractivity contribution in [1.82, 2.24) is 4.98 Å². The third-order valence-electron chi connectivity index (χ3n) is 7.10. The van der Waals surface area contributed by atoms with E-state index in [1.807, 2.05) is 74.1 Å². The number of hydrogen-bond donors (Lipinski definition) is 2. The molecule has 4 aromatic rings. The highest BCUT2D eigenvalue weighted by Crippen LogP contribution is 2.42. The molecule has 5 rings (SSSR count). The monoisotopic (exact) mass is 521 g/mol. The van der Waals surface area contributed by atoms with Gasteiger partial charge in [-0.05, 0) is 40.8 Å². The summed E-state index contributed by atoms with van der Waals surface area (Å²) in [5.74, 6) is 0.279. The number of benzene rings is 3. The first-order valence-corrected chi connectivity index (χ1v) is 13.6. The Hall–Kier alpha value is -4.03. The summed E-state index contributed by atoms with van der Waals surface area (Å²) >= 11 is 1.44. The van der Waals surface area contributed by atoms with Crippen molar-refractivity contribution in [2.45, 2.75) is 38.5 Å². The second kappa shape index (κ2) is 11.2. The van der Waals surface area contributed by atoms with Gasteiger partial charge in [0.1, 0.15) is 5.75 Å². The van der Waals surface area contributed by atoms with E-state index >= 15 is 0 Å². The number of hydrogen-bond acceptors (Lipinski definition) is 5. The largest absolute Gasteiger partial charge is 0.508 e. The topological polar surface area (TPSA) is 74.6 Å². The summed E-state index contributed by atoms with van der Waals surface area (Å²) in [6.07, 6.45) is 7.59. The minimum atomic E-state index is -0.780. The van der Waals surface area contributed by atoms with Crippen LogP contribution < -0.4 is 5.32 Å². The molecule has 1 aliphatic rings. The van der Waals surface area contributed by atoms with Crippen molar-refractivity contribution in [2.24, 2.45) is 10.4 Å². The Labute approximate surface area is 227 Å². The van der Waals surface area contributed by atoms with Crippen LogP contribution in [0.2, 0.25) is 0 Å². The number of rotatable bonds is 8. The van der Waals surface area contributed by atoms with Gasteiger partial charge in [0, 0.05) is 36.1 Å². The maximum absolute atomic E-state index is 13.6. The Morgan fingerprint density at radius 2 is 1.74 bits per heavy atom. The van der Waals surface area contributed by atoms with Crippen molar-refractivity contribution < 1.29 is 9.90 Å². The van der Waals surface area contributed by atoms with Gasteiger partial charge in [0.2, 0.25) is 5.91 Å². The summed E-state index contributed by atoms with van der Waals surface area (Å²) in [6.45, 7) is 3.91. The fourth-order valence-corrected chi connectivity index (χ4v) is 5.68. The minimum Gasteiger partial charge on any atom is -0.508 e. The first kappa shape index (κ1) is 25.6. The fraction of sp³-hybridized carbons (Fsp3) is 0.219. The average Bonchev–Trinajstić information content (AvgIpc) is 3.38. The third kappa shape index (κ3) is 5.76. The number of allylic oxidation sites excluding steroid dienone is 1. The van der Waals surface area contributed by atoms with Crippen LogP contribution in [0.3, 0.4) is 0 Å². The van der Waals surface area contributed by atoms with Crippen molar-refractivity contribution in [3.63, 3.8) is 0 Å². The Kier molecular flexibility index (Phi) is 7.52. The molecule has 0 spiro atoms. The van der Waals surface area contributed by atoms with Crippen LogP contribution in [0.1, 0.15) is 60.1 Å². The van der Waals surface area contributed by atoms with Gasteiger partial charge in [-0.25, -0.2) is 4.98 Å². The van der Waals surface area contributed by atoms with Crippen molar-refractivity contribution >= 4 is 28.6 Å². The number of nitrogens with one attached hydrogen (secondary N) is 1. The van der Waals surface area contributed by atoms with E-state index in [1.54, 1.807) is 12.1 Å². The van der Waals surface area contributed by atoms with Crippen molar-refractivity contribution in [2.75, 3.05) is 5.32 Å². The lowest BCUT2D eigenvalue weighted by Gasteiger charge is -2.33. The Balaban J connectivity index is 1.29. The highest BCUT2D eigenvalue weighted by Gasteiger charge is 2.39. The second-order valence-corrected chi connectivity index (χ2v) is 11.0. The number of thiazole rings is 1. The third-order valence-corrected chi connectivity index (χ3v) is 7.91. The minimum absolute atomic E-state index is 0.103.